The Bertz CT molecular complexity index is 497. The van der Waals surface area contributed by atoms with Crippen LogP contribution in [0.3, 0.4) is 0 Å². The number of furan rings is 1. The van der Waals surface area contributed by atoms with Crippen LogP contribution in [0.4, 0.5) is 4.39 Å². The van der Waals surface area contributed by atoms with Crippen LogP contribution in [-0.2, 0) is 6.42 Å². The number of methoxy groups -OCH3 is 1. The Kier molecular flexibility index (Phi) is 3.99. The molecule has 0 spiro atoms. The van der Waals surface area contributed by atoms with Gasteiger partial charge in [-0.05, 0) is 25.2 Å². The van der Waals surface area contributed by atoms with Gasteiger partial charge in [-0.1, -0.05) is 6.07 Å². The first-order valence-corrected chi connectivity index (χ1v) is 5.77. The highest BCUT2D eigenvalue weighted by Gasteiger charge is 2.16. The lowest BCUT2D eigenvalue weighted by Crippen LogP contribution is -2.19. The maximum atomic E-state index is 14.0. The third-order valence-electron chi connectivity index (χ3n) is 2.92. The minimum atomic E-state index is -0.278. The van der Waals surface area contributed by atoms with Gasteiger partial charge in [-0.15, -0.1) is 0 Å². The Balaban J connectivity index is 2.22. The van der Waals surface area contributed by atoms with Crippen molar-refractivity contribution < 1.29 is 13.5 Å². The number of ether oxygens (including phenoxy) is 1. The zero-order valence-electron chi connectivity index (χ0n) is 10.4. The molecule has 0 fully saturated rings. The molecule has 0 amide bonds. The van der Waals surface area contributed by atoms with E-state index in [0.29, 0.717) is 17.7 Å². The van der Waals surface area contributed by atoms with Gasteiger partial charge in [0.25, 0.3) is 0 Å². The molecule has 18 heavy (non-hydrogen) atoms. The van der Waals surface area contributed by atoms with Crippen molar-refractivity contribution in [3.63, 3.8) is 0 Å². The molecule has 1 heterocycles. The Morgan fingerprint density at radius 3 is 2.78 bits per heavy atom. The molecule has 1 N–H and O–H groups in total. The van der Waals surface area contributed by atoms with Gasteiger partial charge >= 0.3 is 0 Å². The van der Waals surface area contributed by atoms with Crippen molar-refractivity contribution >= 4 is 0 Å². The summed E-state index contributed by atoms with van der Waals surface area (Å²) in [7, 11) is 3.32. The van der Waals surface area contributed by atoms with Gasteiger partial charge in [-0.2, -0.15) is 0 Å². The zero-order valence-corrected chi connectivity index (χ0v) is 10.4. The van der Waals surface area contributed by atoms with Crippen LogP contribution >= 0.6 is 0 Å². The van der Waals surface area contributed by atoms with Gasteiger partial charge in [0.1, 0.15) is 17.3 Å². The molecule has 0 aliphatic heterocycles. The van der Waals surface area contributed by atoms with E-state index in [4.69, 9.17) is 9.15 Å². The predicted molar refractivity (Wildman–Crippen MR) is 67.2 cm³/mol. The van der Waals surface area contributed by atoms with Gasteiger partial charge in [0.05, 0.1) is 13.4 Å². The SMILES string of the molecule is CNC(Cc1ccco1)c1ccc(OC)cc1F. The Hall–Kier alpha value is -1.81. The molecule has 2 aromatic rings. The molecule has 3 nitrogen and oxygen atoms in total. The second-order valence-corrected chi connectivity index (χ2v) is 4.01. The van der Waals surface area contributed by atoms with E-state index in [2.05, 4.69) is 5.32 Å². The van der Waals surface area contributed by atoms with Crippen LogP contribution in [0.2, 0.25) is 0 Å². The lowest BCUT2D eigenvalue weighted by atomic mass is 10.0. The summed E-state index contributed by atoms with van der Waals surface area (Å²) in [6, 6.07) is 8.46. The fourth-order valence-corrected chi connectivity index (χ4v) is 1.91. The molecular formula is C14H16FNO2. The summed E-state index contributed by atoms with van der Waals surface area (Å²) in [6.07, 6.45) is 2.22. The molecule has 1 unspecified atom stereocenters. The summed E-state index contributed by atoms with van der Waals surface area (Å²) < 4.78 is 24.2. The number of likely N-dealkylation sites (N-methyl/N-ethyl adjacent to an activating group) is 1. The topological polar surface area (TPSA) is 34.4 Å². The normalized spacial score (nSPS) is 12.4. The lowest BCUT2D eigenvalue weighted by molar-refractivity contribution is 0.408. The van der Waals surface area contributed by atoms with E-state index in [1.54, 1.807) is 25.4 Å². The molecule has 1 atom stereocenters. The maximum absolute atomic E-state index is 14.0. The van der Waals surface area contributed by atoms with Crippen molar-refractivity contribution in [2.75, 3.05) is 14.2 Å². The standard InChI is InChI=1S/C14H16FNO2/c1-16-14(9-11-4-3-7-18-11)12-6-5-10(17-2)8-13(12)15/h3-8,14,16H,9H2,1-2H3. The Morgan fingerprint density at radius 2 is 2.22 bits per heavy atom. The molecule has 0 aliphatic carbocycles. The van der Waals surface area contributed by atoms with Crippen LogP contribution < -0.4 is 10.1 Å². The largest absolute Gasteiger partial charge is 0.497 e. The fraction of sp³-hybridized carbons (Fsp3) is 0.286. The average Bonchev–Trinajstić information content (AvgIpc) is 2.89. The highest BCUT2D eigenvalue weighted by molar-refractivity contribution is 5.31. The second-order valence-electron chi connectivity index (χ2n) is 4.01. The number of halogens is 1. The third kappa shape index (κ3) is 2.71. The maximum Gasteiger partial charge on any atom is 0.131 e. The van der Waals surface area contributed by atoms with Crippen molar-refractivity contribution in [3.8, 4) is 5.75 Å². The first-order valence-electron chi connectivity index (χ1n) is 5.77. The lowest BCUT2D eigenvalue weighted by Gasteiger charge is -2.16. The zero-order chi connectivity index (χ0) is 13.0. The molecule has 0 saturated carbocycles. The third-order valence-corrected chi connectivity index (χ3v) is 2.92. The number of rotatable bonds is 5. The van der Waals surface area contributed by atoms with Crippen molar-refractivity contribution in [3.05, 3.63) is 53.7 Å². The molecule has 0 radical (unpaired) electrons. The highest BCUT2D eigenvalue weighted by atomic mass is 19.1. The van der Waals surface area contributed by atoms with E-state index < -0.39 is 0 Å². The molecule has 2 rings (SSSR count). The average molecular weight is 249 g/mol. The highest BCUT2D eigenvalue weighted by Crippen LogP contribution is 2.24. The molecule has 0 bridgehead atoms. The van der Waals surface area contributed by atoms with Gasteiger partial charge in [-0.25, -0.2) is 4.39 Å². The molecule has 1 aromatic heterocycles. The van der Waals surface area contributed by atoms with E-state index in [-0.39, 0.29) is 11.9 Å². The molecular weight excluding hydrogens is 233 g/mol. The van der Waals surface area contributed by atoms with E-state index in [9.17, 15) is 4.39 Å². The van der Waals surface area contributed by atoms with Crippen LogP contribution in [0.5, 0.6) is 5.75 Å². The van der Waals surface area contributed by atoms with Crippen molar-refractivity contribution in [2.24, 2.45) is 0 Å². The number of benzene rings is 1. The van der Waals surface area contributed by atoms with Gasteiger partial charge in [0.2, 0.25) is 0 Å². The quantitative estimate of drug-likeness (QED) is 0.884. The summed E-state index contributed by atoms with van der Waals surface area (Å²) in [5.74, 6) is 1.06. The molecule has 0 saturated heterocycles. The first-order chi connectivity index (χ1) is 8.74. The van der Waals surface area contributed by atoms with Gasteiger partial charge in [0, 0.05) is 24.1 Å². The minimum Gasteiger partial charge on any atom is -0.497 e. The van der Waals surface area contributed by atoms with Gasteiger partial charge < -0.3 is 14.5 Å². The number of nitrogens with one attached hydrogen (secondary N) is 1. The van der Waals surface area contributed by atoms with E-state index in [1.165, 1.54) is 13.2 Å². The Labute approximate surface area is 106 Å². The van der Waals surface area contributed by atoms with Crippen LogP contribution in [0, 0.1) is 5.82 Å². The summed E-state index contributed by atoms with van der Waals surface area (Å²) >= 11 is 0. The molecule has 4 heteroatoms. The van der Waals surface area contributed by atoms with Crippen LogP contribution in [-0.4, -0.2) is 14.2 Å². The smallest absolute Gasteiger partial charge is 0.131 e. The molecule has 96 valence electrons. The number of hydrogen-bond donors (Lipinski definition) is 1. The summed E-state index contributed by atoms with van der Waals surface area (Å²) in [6.45, 7) is 0. The van der Waals surface area contributed by atoms with Crippen LogP contribution in [0.15, 0.2) is 41.0 Å². The van der Waals surface area contributed by atoms with E-state index in [0.717, 1.165) is 5.76 Å². The fourth-order valence-electron chi connectivity index (χ4n) is 1.91. The molecule has 0 aliphatic rings. The minimum absolute atomic E-state index is 0.123. The van der Waals surface area contributed by atoms with Gasteiger partial charge in [0.15, 0.2) is 0 Å². The van der Waals surface area contributed by atoms with E-state index >= 15 is 0 Å². The van der Waals surface area contributed by atoms with Gasteiger partial charge in [-0.3, -0.25) is 0 Å². The van der Waals surface area contributed by atoms with Crippen molar-refractivity contribution in [1.29, 1.82) is 0 Å². The monoisotopic (exact) mass is 249 g/mol. The predicted octanol–water partition coefficient (Wildman–Crippen LogP) is 2.93. The summed E-state index contributed by atoms with van der Waals surface area (Å²) in [5.41, 5.74) is 0.606. The van der Waals surface area contributed by atoms with Crippen molar-refractivity contribution in [1.82, 2.24) is 5.32 Å². The van der Waals surface area contributed by atoms with Crippen molar-refractivity contribution in [2.45, 2.75) is 12.5 Å². The Morgan fingerprint density at radius 1 is 1.39 bits per heavy atom. The van der Waals surface area contributed by atoms with Crippen LogP contribution in [0.1, 0.15) is 17.4 Å². The first kappa shape index (κ1) is 12.6. The van der Waals surface area contributed by atoms with E-state index in [1.807, 2.05) is 12.1 Å². The number of hydrogen-bond acceptors (Lipinski definition) is 3. The molecule has 1 aromatic carbocycles. The second kappa shape index (κ2) is 5.69. The summed E-state index contributed by atoms with van der Waals surface area (Å²) in [4.78, 5) is 0. The van der Waals surface area contributed by atoms with Crippen LogP contribution in [0.25, 0.3) is 0 Å². The summed E-state index contributed by atoms with van der Waals surface area (Å²) in [5, 5.41) is 3.09.